The molecule has 0 aromatic heterocycles. The van der Waals surface area contributed by atoms with E-state index < -0.39 is 0 Å². The summed E-state index contributed by atoms with van der Waals surface area (Å²) in [6.45, 7) is 4.77. The highest BCUT2D eigenvalue weighted by Crippen LogP contribution is 2.40. The first-order valence-corrected chi connectivity index (χ1v) is 9.26. The Hall–Kier alpha value is -2.53. The van der Waals surface area contributed by atoms with Gasteiger partial charge in [0.15, 0.2) is 11.5 Å². The summed E-state index contributed by atoms with van der Waals surface area (Å²) >= 11 is 0. The normalized spacial score (nSPS) is 16.7. The highest BCUT2D eigenvalue weighted by Gasteiger charge is 2.31. The van der Waals surface area contributed by atoms with Crippen molar-refractivity contribution in [3.05, 3.63) is 59.2 Å². The monoisotopic (exact) mass is 369 g/mol. The van der Waals surface area contributed by atoms with E-state index in [0.717, 1.165) is 29.8 Å². The Morgan fingerprint density at radius 2 is 1.78 bits per heavy atom. The molecule has 2 aromatic rings. The van der Waals surface area contributed by atoms with Gasteiger partial charge >= 0.3 is 5.97 Å². The summed E-state index contributed by atoms with van der Waals surface area (Å²) in [6, 6.07) is 14.3. The molecular weight excluding hydrogens is 342 g/mol. The molecule has 0 saturated heterocycles. The van der Waals surface area contributed by atoms with Crippen molar-refractivity contribution in [2.24, 2.45) is 0 Å². The number of nitrogens with zero attached hydrogens (tertiary/aromatic N) is 1. The predicted octanol–water partition coefficient (Wildman–Crippen LogP) is 3.60. The molecule has 1 aliphatic heterocycles. The van der Waals surface area contributed by atoms with E-state index in [9.17, 15) is 4.79 Å². The second-order valence-electron chi connectivity index (χ2n) is 6.98. The Morgan fingerprint density at radius 1 is 1.11 bits per heavy atom. The van der Waals surface area contributed by atoms with Gasteiger partial charge in [-0.25, -0.2) is 0 Å². The third-order valence-corrected chi connectivity index (χ3v) is 4.79. The zero-order chi connectivity index (χ0) is 19.4. The van der Waals surface area contributed by atoms with Crippen molar-refractivity contribution in [2.75, 3.05) is 27.3 Å². The molecule has 27 heavy (non-hydrogen) atoms. The van der Waals surface area contributed by atoms with Crippen LogP contribution in [0.5, 0.6) is 11.5 Å². The van der Waals surface area contributed by atoms with Gasteiger partial charge in [-0.2, -0.15) is 0 Å². The molecule has 0 saturated carbocycles. The quantitative estimate of drug-likeness (QED) is 0.728. The summed E-state index contributed by atoms with van der Waals surface area (Å²) in [5.74, 6) is 1.23. The van der Waals surface area contributed by atoms with Gasteiger partial charge < -0.3 is 14.2 Å². The van der Waals surface area contributed by atoms with Crippen molar-refractivity contribution in [2.45, 2.75) is 32.4 Å². The Balaban J connectivity index is 2.01. The molecule has 144 valence electrons. The zero-order valence-corrected chi connectivity index (χ0v) is 16.4. The van der Waals surface area contributed by atoms with E-state index in [1.165, 1.54) is 5.56 Å². The van der Waals surface area contributed by atoms with Gasteiger partial charge in [0.05, 0.1) is 32.9 Å². The SMILES string of the molecule is COc1cc2c(cc1OC)C(c1ccccc1)N(CC(=O)OC(C)C)CC2. The number of methoxy groups -OCH3 is 2. The van der Waals surface area contributed by atoms with E-state index in [0.29, 0.717) is 5.75 Å². The topological polar surface area (TPSA) is 48.0 Å². The van der Waals surface area contributed by atoms with Crippen molar-refractivity contribution in [3.8, 4) is 11.5 Å². The van der Waals surface area contributed by atoms with Gasteiger partial charge in [0, 0.05) is 6.54 Å². The number of ether oxygens (including phenoxy) is 3. The number of rotatable bonds is 6. The molecule has 1 aliphatic rings. The van der Waals surface area contributed by atoms with Crippen LogP contribution in [0.3, 0.4) is 0 Å². The molecule has 0 bridgehead atoms. The highest BCUT2D eigenvalue weighted by molar-refractivity contribution is 5.72. The Morgan fingerprint density at radius 3 is 2.41 bits per heavy atom. The molecule has 0 amide bonds. The molecule has 1 unspecified atom stereocenters. The third kappa shape index (κ3) is 4.25. The second-order valence-corrected chi connectivity index (χ2v) is 6.98. The number of carbonyl (C=O) groups is 1. The fourth-order valence-corrected chi connectivity index (χ4v) is 3.66. The number of carbonyl (C=O) groups excluding carboxylic acids is 1. The van der Waals surface area contributed by atoms with Crippen LogP contribution in [-0.2, 0) is 16.0 Å². The van der Waals surface area contributed by atoms with Crippen molar-refractivity contribution >= 4 is 5.97 Å². The number of fused-ring (bicyclic) bond motifs is 1. The van der Waals surface area contributed by atoms with E-state index in [1.54, 1.807) is 14.2 Å². The van der Waals surface area contributed by atoms with Crippen LogP contribution in [0.4, 0.5) is 0 Å². The van der Waals surface area contributed by atoms with E-state index in [1.807, 2.05) is 44.2 Å². The van der Waals surface area contributed by atoms with Crippen LogP contribution < -0.4 is 9.47 Å². The van der Waals surface area contributed by atoms with Crippen molar-refractivity contribution in [1.29, 1.82) is 0 Å². The van der Waals surface area contributed by atoms with Crippen molar-refractivity contribution in [3.63, 3.8) is 0 Å². The standard InChI is InChI=1S/C22H27NO4/c1-15(2)27-21(24)14-23-11-10-17-12-19(25-3)20(26-4)13-18(17)22(23)16-8-6-5-7-9-16/h5-9,12-13,15,22H,10-11,14H2,1-4H3. The fourth-order valence-electron chi connectivity index (χ4n) is 3.66. The van der Waals surface area contributed by atoms with Gasteiger partial charge in [-0.3, -0.25) is 9.69 Å². The first-order chi connectivity index (χ1) is 13.0. The number of benzene rings is 2. The minimum atomic E-state index is -0.199. The summed E-state index contributed by atoms with van der Waals surface area (Å²) in [6.07, 6.45) is 0.725. The molecular formula is C22H27NO4. The lowest BCUT2D eigenvalue weighted by atomic mass is 9.87. The average molecular weight is 369 g/mol. The number of esters is 1. The molecule has 1 atom stereocenters. The van der Waals surface area contributed by atoms with Crippen LogP contribution >= 0.6 is 0 Å². The van der Waals surface area contributed by atoms with Gasteiger partial charge in [0.25, 0.3) is 0 Å². The molecule has 0 N–H and O–H groups in total. The van der Waals surface area contributed by atoms with E-state index >= 15 is 0 Å². The lowest BCUT2D eigenvalue weighted by Crippen LogP contribution is -2.40. The minimum absolute atomic E-state index is 0.0329. The third-order valence-electron chi connectivity index (χ3n) is 4.79. The number of hydrogen-bond acceptors (Lipinski definition) is 5. The first kappa shape index (κ1) is 19.2. The molecule has 5 heteroatoms. The molecule has 5 nitrogen and oxygen atoms in total. The summed E-state index contributed by atoms with van der Waals surface area (Å²) in [7, 11) is 3.29. The summed E-state index contributed by atoms with van der Waals surface area (Å²) < 4.78 is 16.4. The zero-order valence-electron chi connectivity index (χ0n) is 16.4. The van der Waals surface area contributed by atoms with Gasteiger partial charge in [-0.15, -0.1) is 0 Å². The lowest BCUT2D eigenvalue weighted by molar-refractivity contribution is -0.149. The molecule has 1 heterocycles. The fraction of sp³-hybridized carbons (Fsp3) is 0.409. The van der Waals surface area contributed by atoms with Crippen LogP contribution in [0.15, 0.2) is 42.5 Å². The molecule has 0 spiro atoms. The molecule has 0 fully saturated rings. The average Bonchev–Trinajstić information content (AvgIpc) is 2.66. The van der Waals surface area contributed by atoms with Crippen LogP contribution in [0.1, 0.15) is 36.6 Å². The maximum absolute atomic E-state index is 12.3. The highest BCUT2D eigenvalue weighted by atomic mass is 16.5. The summed E-state index contributed by atoms with van der Waals surface area (Å²) in [4.78, 5) is 14.5. The largest absolute Gasteiger partial charge is 0.493 e. The summed E-state index contributed by atoms with van der Waals surface area (Å²) in [5, 5.41) is 0. The van der Waals surface area contributed by atoms with Gasteiger partial charge in [-0.05, 0) is 49.1 Å². The maximum atomic E-state index is 12.3. The second kappa shape index (κ2) is 8.44. The maximum Gasteiger partial charge on any atom is 0.320 e. The Labute approximate surface area is 160 Å². The Kier molecular flexibility index (Phi) is 6.01. The summed E-state index contributed by atoms with van der Waals surface area (Å²) in [5.41, 5.74) is 3.50. The van der Waals surface area contributed by atoms with Gasteiger partial charge in [0.2, 0.25) is 0 Å². The van der Waals surface area contributed by atoms with E-state index in [2.05, 4.69) is 17.0 Å². The smallest absolute Gasteiger partial charge is 0.320 e. The van der Waals surface area contributed by atoms with Crippen LogP contribution in [0, 0.1) is 0 Å². The van der Waals surface area contributed by atoms with E-state index in [4.69, 9.17) is 14.2 Å². The van der Waals surface area contributed by atoms with E-state index in [-0.39, 0.29) is 24.7 Å². The van der Waals surface area contributed by atoms with Gasteiger partial charge in [-0.1, -0.05) is 30.3 Å². The van der Waals surface area contributed by atoms with Crippen LogP contribution in [0.25, 0.3) is 0 Å². The van der Waals surface area contributed by atoms with Crippen molar-refractivity contribution in [1.82, 2.24) is 4.90 Å². The molecule has 0 radical (unpaired) electrons. The molecule has 2 aromatic carbocycles. The van der Waals surface area contributed by atoms with Crippen LogP contribution in [0.2, 0.25) is 0 Å². The van der Waals surface area contributed by atoms with Crippen molar-refractivity contribution < 1.29 is 19.0 Å². The van der Waals surface area contributed by atoms with Gasteiger partial charge in [0.1, 0.15) is 0 Å². The Bertz CT molecular complexity index is 788. The minimum Gasteiger partial charge on any atom is -0.493 e. The molecule has 0 aliphatic carbocycles. The molecule has 3 rings (SSSR count). The van der Waals surface area contributed by atoms with Crippen LogP contribution in [-0.4, -0.2) is 44.3 Å². The predicted molar refractivity (Wildman–Crippen MR) is 104 cm³/mol. The first-order valence-electron chi connectivity index (χ1n) is 9.26. The number of hydrogen-bond donors (Lipinski definition) is 0. The lowest BCUT2D eigenvalue weighted by Gasteiger charge is -2.37.